The Hall–Kier alpha value is -1.05. The van der Waals surface area contributed by atoms with Crippen molar-refractivity contribution in [3.05, 3.63) is 10.8 Å². The van der Waals surface area contributed by atoms with Gasteiger partial charge in [-0.25, -0.2) is 0 Å². The van der Waals surface area contributed by atoms with Gasteiger partial charge in [0.05, 0.1) is 5.54 Å². The molecule has 0 unspecified atom stereocenters. The van der Waals surface area contributed by atoms with Crippen LogP contribution in [0.4, 0.5) is 0 Å². The largest absolute Gasteiger partial charge is 0.381 e. The van der Waals surface area contributed by atoms with Crippen molar-refractivity contribution in [1.29, 1.82) is 0 Å². The van der Waals surface area contributed by atoms with Crippen LogP contribution in [0.15, 0.2) is 0 Å². The van der Waals surface area contributed by atoms with Gasteiger partial charge in [-0.15, -0.1) is 10.2 Å². The Morgan fingerprint density at radius 2 is 1.95 bits per heavy atom. The van der Waals surface area contributed by atoms with E-state index in [9.17, 15) is 0 Å². The van der Waals surface area contributed by atoms with Gasteiger partial charge in [0.2, 0.25) is 4.96 Å². The molecule has 2 N–H and O–H groups in total. The minimum absolute atomic E-state index is 0.351. The van der Waals surface area contributed by atoms with E-state index >= 15 is 0 Å². The van der Waals surface area contributed by atoms with E-state index in [4.69, 9.17) is 15.6 Å². The number of aromatic nitrogens is 4. The van der Waals surface area contributed by atoms with Crippen molar-refractivity contribution in [1.82, 2.24) is 19.8 Å². The summed E-state index contributed by atoms with van der Waals surface area (Å²) in [5.41, 5.74) is 6.16. The summed E-state index contributed by atoms with van der Waals surface area (Å²) in [6.45, 7) is 1.43. The second-order valence-electron chi connectivity index (χ2n) is 5.91. The Labute approximate surface area is 121 Å². The molecule has 20 heavy (non-hydrogen) atoms. The summed E-state index contributed by atoms with van der Waals surface area (Å²) in [5.74, 6) is 1.54. The van der Waals surface area contributed by atoms with Crippen molar-refractivity contribution in [2.75, 3.05) is 13.2 Å². The van der Waals surface area contributed by atoms with Crippen molar-refractivity contribution in [2.45, 2.75) is 50.0 Å². The van der Waals surface area contributed by atoms with Gasteiger partial charge in [0.15, 0.2) is 5.82 Å². The Bertz CT molecular complexity index is 609. The normalized spacial score (nSPS) is 23.6. The molecule has 2 aromatic rings. The summed E-state index contributed by atoms with van der Waals surface area (Å²) in [6, 6.07) is 0. The summed E-state index contributed by atoms with van der Waals surface area (Å²) in [7, 11) is 0. The fourth-order valence-electron chi connectivity index (χ4n) is 3.22. The third-order valence-electron chi connectivity index (χ3n) is 4.55. The lowest BCUT2D eigenvalue weighted by molar-refractivity contribution is 0.0518. The van der Waals surface area contributed by atoms with Gasteiger partial charge < -0.3 is 10.5 Å². The van der Waals surface area contributed by atoms with Crippen LogP contribution in [-0.2, 0) is 10.3 Å². The van der Waals surface area contributed by atoms with Crippen molar-refractivity contribution >= 4 is 16.3 Å². The van der Waals surface area contributed by atoms with Crippen LogP contribution in [0.3, 0.4) is 0 Å². The van der Waals surface area contributed by atoms with Gasteiger partial charge in [-0.05, 0) is 25.7 Å². The molecule has 0 bridgehead atoms. The van der Waals surface area contributed by atoms with Gasteiger partial charge in [0.25, 0.3) is 0 Å². The van der Waals surface area contributed by atoms with Gasteiger partial charge in [-0.2, -0.15) is 9.61 Å². The lowest BCUT2D eigenvalue weighted by atomic mass is 9.92. The molecule has 1 saturated carbocycles. The third kappa shape index (κ3) is 1.96. The van der Waals surface area contributed by atoms with Crippen LogP contribution in [0.1, 0.15) is 55.3 Å². The van der Waals surface area contributed by atoms with Crippen LogP contribution in [0, 0.1) is 0 Å². The zero-order valence-corrected chi connectivity index (χ0v) is 12.2. The van der Waals surface area contributed by atoms with Gasteiger partial charge in [0.1, 0.15) is 5.01 Å². The Morgan fingerprint density at radius 1 is 1.20 bits per heavy atom. The van der Waals surface area contributed by atoms with E-state index in [1.165, 1.54) is 25.7 Å². The van der Waals surface area contributed by atoms with Crippen LogP contribution in [0.2, 0.25) is 0 Å². The highest BCUT2D eigenvalue weighted by atomic mass is 32.1. The summed E-state index contributed by atoms with van der Waals surface area (Å²) in [4.78, 5) is 0.873. The quantitative estimate of drug-likeness (QED) is 0.913. The maximum Gasteiger partial charge on any atom is 0.234 e. The van der Waals surface area contributed by atoms with Crippen LogP contribution in [0.5, 0.6) is 0 Å². The van der Waals surface area contributed by atoms with Gasteiger partial charge in [-0.1, -0.05) is 24.2 Å². The fourth-order valence-corrected chi connectivity index (χ4v) is 4.23. The second kappa shape index (κ2) is 4.75. The number of hydrogen-bond acceptors (Lipinski definition) is 6. The first kappa shape index (κ1) is 12.7. The molecule has 6 nitrogen and oxygen atoms in total. The predicted molar refractivity (Wildman–Crippen MR) is 75.8 cm³/mol. The molecule has 0 amide bonds. The summed E-state index contributed by atoms with van der Waals surface area (Å²) in [5, 5.41) is 14.4. The minimum Gasteiger partial charge on any atom is -0.381 e. The highest BCUT2D eigenvalue weighted by Gasteiger charge is 2.35. The molecule has 2 aromatic heterocycles. The summed E-state index contributed by atoms with van der Waals surface area (Å²) < 4.78 is 7.34. The topological polar surface area (TPSA) is 78.3 Å². The Morgan fingerprint density at radius 3 is 2.70 bits per heavy atom. The van der Waals surface area contributed by atoms with Crippen LogP contribution in [0.25, 0.3) is 4.96 Å². The lowest BCUT2D eigenvalue weighted by Crippen LogP contribution is -2.42. The first-order chi connectivity index (χ1) is 9.76. The number of hydrogen-bond donors (Lipinski definition) is 1. The van der Waals surface area contributed by atoms with Gasteiger partial charge >= 0.3 is 0 Å². The predicted octanol–water partition coefficient (Wildman–Crippen LogP) is 1.81. The lowest BCUT2D eigenvalue weighted by Gasteiger charge is -2.30. The first-order valence-electron chi connectivity index (χ1n) is 7.35. The van der Waals surface area contributed by atoms with E-state index in [1.54, 1.807) is 11.3 Å². The van der Waals surface area contributed by atoms with E-state index in [2.05, 4.69) is 10.2 Å². The molecule has 2 fully saturated rings. The first-order valence-corrected chi connectivity index (χ1v) is 8.17. The number of ether oxygens (including phenoxy) is 1. The molecule has 0 aromatic carbocycles. The van der Waals surface area contributed by atoms with Crippen LogP contribution in [-0.4, -0.2) is 33.0 Å². The smallest absolute Gasteiger partial charge is 0.234 e. The van der Waals surface area contributed by atoms with Crippen molar-refractivity contribution in [2.24, 2.45) is 5.73 Å². The van der Waals surface area contributed by atoms with E-state index in [0.29, 0.717) is 19.1 Å². The molecular weight excluding hydrogens is 274 g/mol. The van der Waals surface area contributed by atoms with Crippen LogP contribution >= 0.6 is 11.3 Å². The molecule has 0 radical (unpaired) electrons. The Kier molecular flexibility index (Phi) is 3.01. The molecule has 4 rings (SSSR count). The van der Waals surface area contributed by atoms with E-state index in [1.807, 2.05) is 4.52 Å². The highest BCUT2D eigenvalue weighted by Crippen LogP contribution is 2.36. The maximum absolute atomic E-state index is 6.51. The molecule has 0 atom stereocenters. The van der Waals surface area contributed by atoms with E-state index < -0.39 is 0 Å². The molecule has 1 aliphatic heterocycles. The average Bonchev–Trinajstić information content (AvgIpc) is 3.15. The SMILES string of the molecule is NC1(c2nn3c(C4CCCC4)nnc3s2)CCOCC1. The standard InChI is InChI=1S/C13H19N5OS/c14-13(5-7-19-8-6-13)11-17-18-10(9-3-1-2-4-9)15-16-12(18)20-11/h9H,1-8,14H2. The van der Waals surface area contributed by atoms with Crippen LogP contribution < -0.4 is 5.73 Å². The number of nitrogens with zero attached hydrogens (tertiary/aromatic N) is 4. The highest BCUT2D eigenvalue weighted by molar-refractivity contribution is 7.16. The minimum atomic E-state index is -0.351. The molecule has 1 aliphatic carbocycles. The Balaban J connectivity index is 1.71. The summed E-state index contributed by atoms with van der Waals surface area (Å²) >= 11 is 1.58. The van der Waals surface area contributed by atoms with Gasteiger partial charge in [-0.3, -0.25) is 0 Å². The molecular formula is C13H19N5OS. The zero-order chi connectivity index (χ0) is 13.6. The maximum atomic E-state index is 6.51. The molecule has 108 valence electrons. The number of rotatable bonds is 2. The average molecular weight is 293 g/mol. The van der Waals surface area contributed by atoms with E-state index in [0.717, 1.165) is 28.6 Å². The third-order valence-corrected chi connectivity index (χ3v) is 5.66. The molecule has 0 spiro atoms. The van der Waals surface area contributed by atoms with Gasteiger partial charge in [0, 0.05) is 19.1 Å². The fraction of sp³-hybridized carbons (Fsp3) is 0.769. The summed E-state index contributed by atoms with van der Waals surface area (Å²) in [6.07, 6.45) is 6.64. The number of fused-ring (bicyclic) bond motifs is 1. The van der Waals surface area contributed by atoms with Crippen molar-refractivity contribution in [3.8, 4) is 0 Å². The molecule has 3 heterocycles. The van der Waals surface area contributed by atoms with E-state index in [-0.39, 0.29) is 5.54 Å². The molecule has 1 saturated heterocycles. The molecule has 2 aliphatic rings. The second-order valence-corrected chi connectivity index (χ2v) is 6.87. The molecule has 7 heteroatoms. The van der Waals surface area contributed by atoms with Crippen molar-refractivity contribution in [3.63, 3.8) is 0 Å². The number of nitrogens with two attached hydrogens (primary N) is 1. The zero-order valence-electron chi connectivity index (χ0n) is 11.4. The monoisotopic (exact) mass is 293 g/mol. The van der Waals surface area contributed by atoms with Crippen molar-refractivity contribution < 1.29 is 4.74 Å².